The van der Waals surface area contributed by atoms with Crippen molar-refractivity contribution in [3.05, 3.63) is 35.4 Å². The molecule has 0 radical (unpaired) electrons. The van der Waals surface area contributed by atoms with Crippen LogP contribution in [0.5, 0.6) is 0 Å². The summed E-state index contributed by atoms with van der Waals surface area (Å²) >= 11 is 0. The van der Waals surface area contributed by atoms with Crippen molar-refractivity contribution in [3.8, 4) is 0 Å². The van der Waals surface area contributed by atoms with Crippen molar-refractivity contribution in [1.82, 2.24) is 0 Å². The van der Waals surface area contributed by atoms with Crippen molar-refractivity contribution in [2.75, 3.05) is 0 Å². The highest BCUT2D eigenvalue weighted by Gasteiger charge is 2.04. The van der Waals surface area contributed by atoms with E-state index in [4.69, 9.17) is 5.11 Å². The van der Waals surface area contributed by atoms with Crippen molar-refractivity contribution < 1.29 is 18.7 Å². The molecular formula is C11H12F2O2. The number of hydrogen-bond donors (Lipinski definition) is 1. The predicted octanol–water partition coefficient (Wildman–Crippen LogP) is 2.76. The number of halogens is 2. The van der Waals surface area contributed by atoms with Gasteiger partial charge >= 0.3 is 5.97 Å². The first-order valence-electron chi connectivity index (χ1n) is 4.75. The van der Waals surface area contributed by atoms with Crippen LogP contribution >= 0.6 is 0 Å². The monoisotopic (exact) mass is 214 g/mol. The highest BCUT2D eigenvalue weighted by Crippen LogP contribution is 2.12. The molecule has 0 unspecified atom stereocenters. The van der Waals surface area contributed by atoms with E-state index in [0.717, 1.165) is 6.07 Å². The van der Waals surface area contributed by atoms with Crippen LogP contribution in [-0.2, 0) is 11.2 Å². The molecule has 0 aliphatic heterocycles. The minimum absolute atomic E-state index is 0.0861. The fourth-order valence-electron chi connectivity index (χ4n) is 1.32. The van der Waals surface area contributed by atoms with E-state index in [1.807, 2.05) is 0 Å². The van der Waals surface area contributed by atoms with E-state index in [0.29, 0.717) is 24.8 Å². The molecule has 0 fully saturated rings. The van der Waals surface area contributed by atoms with E-state index in [-0.39, 0.29) is 6.42 Å². The first kappa shape index (κ1) is 11.6. The number of hydrogen-bond acceptors (Lipinski definition) is 1. The Morgan fingerprint density at radius 3 is 2.60 bits per heavy atom. The number of carboxylic acids is 1. The third-order valence-electron chi connectivity index (χ3n) is 2.10. The summed E-state index contributed by atoms with van der Waals surface area (Å²) in [5, 5.41) is 8.38. The fraction of sp³-hybridized carbons (Fsp3) is 0.364. The van der Waals surface area contributed by atoms with E-state index in [2.05, 4.69) is 0 Å². The molecule has 82 valence electrons. The van der Waals surface area contributed by atoms with E-state index >= 15 is 0 Å². The average Bonchev–Trinajstić information content (AvgIpc) is 2.14. The fourth-order valence-corrected chi connectivity index (χ4v) is 1.32. The molecule has 0 saturated heterocycles. The molecule has 15 heavy (non-hydrogen) atoms. The van der Waals surface area contributed by atoms with Crippen LogP contribution in [0.25, 0.3) is 0 Å². The molecule has 0 bridgehead atoms. The summed E-state index contributed by atoms with van der Waals surface area (Å²) in [6.45, 7) is 0. The van der Waals surface area contributed by atoms with Crippen LogP contribution in [0, 0.1) is 11.6 Å². The van der Waals surface area contributed by atoms with Gasteiger partial charge in [0, 0.05) is 12.5 Å². The summed E-state index contributed by atoms with van der Waals surface area (Å²) < 4.78 is 25.6. The second kappa shape index (κ2) is 5.44. The van der Waals surface area contributed by atoms with Gasteiger partial charge in [-0.3, -0.25) is 4.79 Å². The molecule has 1 rings (SSSR count). The van der Waals surface area contributed by atoms with Crippen molar-refractivity contribution in [2.45, 2.75) is 25.7 Å². The highest BCUT2D eigenvalue weighted by molar-refractivity contribution is 5.66. The molecule has 1 aromatic rings. The molecule has 2 nitrogen and oxygen atoms in total. The van der Waals surface area contributed by atoms with Gasteiger partial charge in [-0.15, -0.1) is 0 Å². The lowest BCUT2D eigenvalue weighted by atomic mass is 10.1. The molecule has 1 aromatic carbocycles. The van der Waals surface area contributed by atoms with Crippen LogP contribution in [0.2, 0.25) is 0 Å². The Morgan fingerprint density at radius 2 is 2.00 bits per heavy atom. The third kappa shape index (κ3) is 4.06. The van der Waals surface area contributed by atoms with E-state index in [1.165, 1.54) is 12.1 Å². The van der Waals surface area contributed by atoms with Gasteiger partial charge < -0.3 is 5.11 Å². The zero-order valence-electron chi connectivity index (χ0n) is 8.17. The average molecular weight is 214 g/mol. The van der Waals surface area contributed by atoms with Gasteiger partial charge in [-0.25, -0.2) is 8.78 Å². The number of aliphatic carboxylic acids is 1. The molecular weight excluding hydrogens is 202 g/mol. The second-order valence-corrected chi connectivity index (χ2v) is 3.34. The molecule has 4 heteroatoms. The third-order valence-corrected chi connectivity index (χ3v) is 2.10. The smallest absolute Gasteiger partial charge is 0.303 e. The maximum absolute atomic E-state index is 13.1. The molecule has 0 saturated carbocycles. The van der Waals surface area contributed by atoms with E-state index in [9.17, 15) is 13.6 Å². The molecule has 0 aromatic heterocycles. The lowest BCUT2D eigenvalue weighted by Crippen LogP contribution is -1.96. The summed E-state index contributed by atoms with van der Waals surface area (Å²) in [5.41, 5.74) is 0.432. The molecule has 0 spiro atoms. The number of rotatable bonds is 5. The molecule has 0 amide bonds. The zero-order valence-corrected chi connectivity index (χ0v) is 8.17. The second-order valence-electron chi connectivity index (χ2n) is 3.34. The zero-order chi connectivity index (χ0) is 11.3. The van der Waals surface area contributed by atoms with Gasteiger partial charge in [0.15, 0.2) is 0 Å². The molecule has 0 aliphatic rings. The number of carboxylic acid groups (broad SMARTS) is 1. The topological polar surface area (TPSA) is 37.3 Å². The minimum atomic E-state index is -0.852. The Kier molecular flexibility index (Phi) is 4.21. The highest BCUT2D eigenvalue weighted by atomic mass is 19.1. The van der Waals surface area contributed by atoms with Crippen molar-refractivity contribution in [2.24, 2.45) is 0 Å². The molecule has 0 heterocycles. The quantitative estimate of drug-likeness (QED) is 0.765. The summed E-state index contributed by atoms with van der Waals surface area (Å²) in [4.78, 5) is 10.2. The van der Waals surface area contributed by atoms with Crippen LogP contribution in [0.3, 0.4) is 0 Å². The number of benzene rings is 1. The minimum Gasteiger partial charge on any atom is -0.481 e. The number of unbranched alkanes of at least 4 members (excludes halogenated alkanes) is 1. The largest absolute Gasteiger partial charge is 0.481 e. The van der Waals surface area contributed by atoms with Gasteiger partial charge in [0.05, 0.1) is 0 Å². The predicted molar refractivity (Wildman–Crippen MR) is 51.5 cm³/mol. The summed E-state index contributed by atoms with van der Waals surface area (Å²) in [6, 6.07) is 3.44. The SMILES string of the molecule is O=C(O)CCCCc1ccc(F)cc1F. The van der Waals surface area contributed by atoms with Gasteiger partial charge in [-0.1, -0.05) is 6.07 Å². The standard InChI is InChI=1S/C11H12F2O2/c12-9-6-5-8(10(13)7-9)3-1-2-4-11(14)15/h5-7H,1-4H2,(H,14,15). The van der Waals surface area contributed by atoms with Crippen LogP contribution in [0.15, 0.2) is 18.2 Å². The van der Waals surface area contributed by atoms with E-state index < -0.39 is 17.6 Å². The Hall–Kier alpha value is -1.45. The molecule has 0 atom stereocenters. The summed E-state index contributed by atoms with van der Waals surface area (Å²) in [5.74, 6) is -2.01. The van der Waals surface area contributed by atoms with Gasteiger partial charge in [-0.2, -0.15) is 0 Å². The maximum atomic E-state index is 13.1. The molecule has 0 aliphatic carbocycles. The van der Waals surface area contributed by atoms with Crippen molar-refractivity contribution >= 4 is 5.97 Å². The maximum Gasteiger partial charge on any atom is 0.303 e. The van der Waals surface area contributed by atoms with Gasteiger partial charge in [0.1, 0.15) is 11.6 Å². The van der Waals surface area contributed by atoms with Gasteiger partial charge in [0.25, 0.3) is 0 Å². The Bertz CT molecular complexity index is 350. The van der Waals surface area contributed by atoms with E-state index in [1.54, 1.807) is 0 Å². The lowest BCUT2D eigenvalue weighted by Gasteiger charge is -2.02. The Morgan fingerprint density at radius 1 is 1.27 bits per heavy atom. The number of carbonyl (C=O) groups is 1. The Balaban J connectivity index is 2.40. The molecule has 1 N–H and O–H groups in total. The Labute approximate surface area is 86.5 Å². The van der Waals surface area contributed by atoms with Crippen LogP contribution in [0.4, 0.5) is 8.78 Å². The normalized spacial score (nSPS) is 10.3. The van der Waals surface area contributed by atoms with Crippen LogP contribution in [0.1, 0.15) is 24.8 Å². The van der Waals surface area contributed by atoms with Crippen molar-refractivity contribution in [3.63, 3.8) is 0 Å². The summed E-state index contributed by atoms with van der Waals surface area (Å²) in [6.07, 6.45) is 1.63. The van der Waals surface area contributed by atoms with Crippen molar-refractivity contribution in [1.29, 1.82) is 0 Å². The lowest BCUT2D eigenvalue weighted by molar-refractivity contribution is -0.137. The van der Waals surface area contributed by atoms with Gasteiger partial charge in [-0.05, 0) is 30.9 Å². The van der Waals surface area contributed by atoms with Gasteiger partial charge in [0.2, 0.25) is 0 Å². The first-order chi connectivity index (χ1) is 7.09. The van der Waals surface area contributed by atoms with Crippen LogP contribution in [-0.4, -0.2) is 11.1 Å². The van der Waals surface area contributed by atoms with Crippen LogP contribution < -0.4 is 0 Å². The number of aryl methyl sites for hydroxylation is 1. The summed E-state index contributed by atoms with van der Waals surface area (Å²) in [7, 11) is 0. The first-order valence-corrected chi connectivity index (χ1v) is 4.75.